The van der Waals surface area contributed by atoms with Gasteiger partial charge in [-0.2, -0.15) is 8.78 Å². The third-order valence-electron chi connectivity index (χ3n) is 8.02. The quantitative estimate of drug-likeness (QED) is 0.150. The van der Waals surface area contributed by atoms with Crippen molar-refractivity contribution in [2.45, 2.75) is 51.1 Å². The lowest BCUT2D eigenvalue weighted by atomic mass is 9.77. The molecule has 0 atom stereocenters. The van der Waals surface area contributed by atoms with Gasteiger partial charge in [0.05, 0.1) is 0 Å². The summed E-state index contributed by atoms with van der Waals surface area (Å²) < 4.78 is 133. The van der Waals surface area contributed by atoms with Crippen molar-refractivity contribution in [2.24, 2.45) is 5.92 Å². The lowest BCUT2D eigenvalue weighted by Crippen LogP contribution is -2.25. The van der Waals surface area contributed by atoms with Crippen molar-refractivity contribution in [3.63, 3.8) is 0 Å². The van der Waals surface area contributed by atoms with Crippen LogP contribution in [0, 0.1) is 46.6 Å². The second-order valence-corrected chi connectivity index (χ2v) is 10.7. The minimum absolute atomic E-state index is 0.0847. The topological polar surface area (TPSA) is 9.23 Å². The van der Waals surface area contributed by atoms with Crippen molar-refractivity contribution in [1.29, 1.82) is 0 Å². The monoisotopic (exact) mass is 608 g/mol. The van der Waals surface area contributed by atoms with Gasteiger partial charge in [-0.15, -0.1) is 0 Å². The third kappa shape index (κ3) is 6.24. The zero-order chi connectivity index (χ0) is 31.1. The molecule has 0 saturated heterocycles. The van der Waals surface area contributed by atoms with E-state index in [-0.39, 0.29) is 34.7 Å². The van der Waals surface area contributed by atoms with Gasteiger partial charge in [0.25, 0.3) is 0 Å². The molecule has 0 bridgehead atoms. The van der Waals surface area contributed by atoms with Gasteiger partial charge in [-0.3, -0.25) is 0 Å². The first kappa shape index (κ1) is 30.5. The van der Waals surface area contributed by atoms with Crippen LogP contribution in [0.4, 0.5) is 39.5 Å². The van der Waals surface area contributed by atoms with Crippen molar-refractivity contribution in [3.8, 4) is 28.0 Å². The van der Waals surface area contributed by atoms with E-state index in [1.165, 1.54) is 12.1 Å². The molecule has 226 valence electrons. The smallest absolute Gasteiger partial charge is 0.429 e. The molecule has 0 amide bonds. The second kappa shape index (κ2) is 12.0. The maximum Gasteiger partial charge on any atom is 0.432 e. The Labute approximate surface area is 241 Å². The molecule has 1 aliphatic rings. The molecule has 43 heavy (non-hydrogen) atoms. The highest BCUT2D eigenvalue weighted by Gasteiger charge is 2.41. The van der Waals surface area contributed by atoms with Gasteiger partial charge in [0.2, 0.25) is 0 Å². The molecule has 4 aromatic rings. The fraction of sp³-hybridized carbons (Fsp3) is 0.273. The van der Waals surface area contributed by atoms with E-state index in [9.17, 15) is 30.7 Å². The van der Waals surface area contributed by atoms with Crippen LogP contribution in [0.5, 0.6) is 5.75 Å². The highest BCUT2D eigenvalue weighted by Crippen LogP contribution is 2.40. The molecule has 5 rings (SSSR count). The van der Waals surface area contributed by atoms with E-state index in [4.69, 9.17) is 0 Å². The van der Waals surface area contributed by atoms with E-state index < -0.39 is 63.7 Å². The lowest BCUT2D eigenvalue weighted by molar-refractivity contribution is -0.189. The van der Waals surface area contributed by atoms with Gasteiger partial charge in [-0.25, -0.2) is 30.7 Å². The zero-order valence-corrected chi connectivity index (χ0v) is 22.8. The maximum atomic E-state index is 15.1. The van der Waals surface area contributed by atoms with Crippen LogP contribution in [0.3, 0.4) is 0 Å². The van der Waals surface area contributed by atoms with Crippen LogP contribution in [-0.2, 0) is 6.11 Å². The minimum Gasteiger partial charge on any atom is -0.429 e. The summed E-state index contributed by atoms with van der Waals surface area (Å²) in [5.41, 5.74) is -1.57. The highest BCUT2D eigenvalue weighted by molar-refractivity contribution is 5.72. The Kier molecular flexibility index (Phi) is 8.49. The van der Waals surface area contributed by atoms with Crippen molar-refractivity contribution in [3.05, 3.63) is 113 Å². The van der Waals surface area contributed by atoms with Crippen LogP contribution in [0.25, 0.3) is 22.3 Å². The van der Waals surface area contributed by atoms with Gasteiger partial charge >= 0.3 is 6.11 Å². The number of hydrogen-bond acceptors (Lipinski definition) is 1. The molecule has 1 saturated carbocycles. The van der Waals surface area contributed by atoms with Gasteiger partial charge in [-0.1, -0.05) is 37.6 Å². The highest BCUT2D eigenvalue weighted by atomic mass is 19.3. The van der Waals surface area contributed by atoms with E-state index in [1.807, 2.05) is 6.07 Å². The Morgan fingerprint density at radius 3 is 1.72 bits per heavy atom. The third-order valence-corrected chi connectivity index (χ3v) is 8.02. The number of ether oxygens (including phenoxy) is 1. The Balaban J connectivity index is 1.39. The average molecular weight is 609 g/mol. The SMILES string of the molecule is CCC1CCC(c2ccc(-c3ccc(-c4cc(F)c(C(F)(F)Oc5cc(F)c(F)c(F)c5)c(F)c4)c(F)c3)c(F)c2)CC1. The summed E-state index contributed by atoms with van der Waals surface area (Å²) in [7, 11) is 0. The molecule has 0 unspecified atom stereocenters. The normalized spacial score (nSPS) is 17.3. The Morgan fingerprint density at radius 2 is 1.16 bits per heavy atom. The number of benzene rings is 4. The van der Waals surface area contributed by atoms with Crippen LogP contribution >= 0.6 is 0 Å². The van der Waals surface area contributed by atoms with E-state index in [2.05, 4.69) is 11.7 Å². The van der Waals surface area contributed by atoms with Crippen LogP contribution in [0.15, 0.2) is 60.7 Å². The second-order valence-electron chi connectivity index (χ2n) is 10.7. The predicted octanol–water partition coefficient (Wildman–Crippen LogP) is 10.8. The lowest BCUT2D eigenvalue weighted by Gasteiger charge is -2.28. The fourth-order valence-electron chi connectivity index (χ4n) is 5.64. The Bertz CT molecular complexity index is 1610. The molecule has 1 fully saturated rings. The molecular formula is C33H25F9O. The minimum atomic E-state index is -4.79. The van der Waals surface area contributed by atoms with E-state index in [0.717, 1.165) is 49.8 Å². The van der Waals surface area contributed by atoms with Crippen molar-refractivity contribution in [1.82, 2.24) is 0 Å². The molecule has 1 aliphatic carbocycles. The molecule has 1 nitrogen and oxygen atoms in total. The van der Waals surface area contributed by atoms with Gasteiger partial charge in [-0.05, 0) is 78.5 Å². The summed E-state index contributed by atoms with van der Waals surface area (Å²) >= 11 is 0. The summed E-state index contributed by atoms with van der Waals surface area (Å²) in [6.45, 7) is 2.16. The number of rotatable bonds is 7. The molecule has 0 aliphatic heterocycles. The van der Waals surface area contributed by atoms with Gasteiger partial charge in [0, 0.05) is 23.3 Å². The summed E-state index contributed by atoms with van der Waals surface area (Å²) in [6.07, 6.45) is 0.428. The average Bonchev–Trinajstić information content (AvgIpc) is 2.95. The first-order chi connectivity index (χ1) is 20.4. The van der Waals surface area contributed by atoms with Crippen LogP contribution in [0.2, 0.25) is 0 Å². The van der Waals surface area contributed by atoms with E-state index in [1.54, 1.807) is 6.07 Å². The number of alkyl halides is 2. The van der Waals surface area contributed by atoms with Crippen LogP contribution in [0.1, 0.15) is 56.1 Å². The van der Waals surface area contributed by atoms with Gasteiger partial charge < -0.3 is 4.74 Å². The number of hydrogen-bond donors (Lipinski definition) is 0. The zero-order valence-electron chi connectivity index (χ0n) is 22.8. The van der Waals surface area contributed by atoms with Gasteiger partial charge in [0.1, 0.15) is 34.6 Å². The van der Waals surface area contributed by atoms with Crippen LogP contribution in [-0.4, -0.2) is 0 Å². The predicted molar refractivity (Wildman–Crippen MR) is 143 cm³/mol. The van der Waals surface area contributed by atoms with Crippen molar-refractivity contribution < 1.29 is 44.3 Å². The standard InChI is InChI=1S/C33H25F9O/c1-2-17-3-5-18(6-4-17)19-7-9-23(25(34)11-19)20-8-10-24(26(35)12-20)21-13-27(36)31(28(37)14-21)33(41,42)43-22-15-29(38)32(40)30(39)16-22/h7-18H,2-6H2,1H3. The molecule has 10 heteroatoms. The maximum absolute atomic E-state index is 15.1. The molecule has 0 radical (unpaired) electrons. The van der Waals surface area contributed by atoms with Crippen LogP contribution < -0.4 is 4.74 Å². The van der Waals surface area contributed by atoms with E-state index >= 15 is 8.78 Å². The largest absolute Gasteiger partial charge is 0.432 e. The van der Waals surface area contributed by atoms with Crippen molar-refractivity contribution >= 4 is 0 Å². The number of halogens is 9. The Hall–Kier alpha value is -3.95. The van der Waals surface area contributed by atoms with E-state index in [0.29, 0.717) is 18.1 Å². The van der Waals surface area contributed by atoms with Gasteiger partial charge in [0.15, 0.2) is 17.5 Å². The molecular weight excluding hydrogens is 583 g/mol. The molecule has 0 N–H and O–H groups in total. The summed E-state index contributed by atoms with van der Waals surface area (Å²) in [4.78, 5) is 0. The summed E-state index contributed by atoms with van der Waals surface area (Å²) in [6, 6.07) is 9.28. The molecule has 0 spiro atoms. The first-order valence-electron chi connectivity index (χ1n) is 13.7. The summed E-state index contributed by atoms with van der Waals surface area (Å²) in [5, 5.41) is 0. The first-order valence-corrected chi connectivity index (χ1v) is 13.7. The van der Waals surface area contributed by atoms with Crippen molar-refractivity contribution in [2.75, 3.05) is 0 Å². The molecule has 0 aromatic heterocycles. The molecule has 0 heterocycles. The molecule has 4 aromatic carbocycles. The fourth-order valence-corrected chi connectivity index (χ4v) is 5.64. The summed E-state index contributed by atoms with van der Waals surface area (Å²) in [5.74, 6) is -11.2. The Morgan fingerprint density at radius 1 is 0.628 bits per heavy atom.